The van der Waals surface area contributed by atoms with Crippen molar-refractivity contribution in [1.29, 1.82) is 0 Å². The highest BCUT2D eigenvalue weighted by Gasteiger charge is 1.95. The summed E-state index contributed by atoms with van der Waals surface area (Å²) in [7, 11) is 0. The normalized spacial score (nSPS) is 10.6. The molecule has 0 heterocycles. The standard InChI is InChI=1S/C15H23IO/c16-13-7-5-3-1-2-4-6-8-14-9-11-15(17)12-10-14/h9-12,17H,1-8,13H2. The first-order chi connectivity index (χ1) is 8.33. The van der Waals surface area contributed by atoms with Crippen LogP contribution in [0.25, 0.3) is 0 Å². The van der Waals surface area contributed by atoms with Gasteiger partial charge in [0.2, 0.25) is 0 Å². The van der Waals surface area contributed by atoms with E-state index >= 15 is 0 Å². The van der Waals surface area contributed by atoms with Crippen LogP contribution < -0.4 is 0 Å². The van der Waals surface area contributed by atoms with Crippen LogP contribution in [0.2, 0.25) is 0 Å². The maximum Gasteiger partial charge on any atom is 0.115 e. The minimum Gasteiger partial charge on any atom is -0.508 e. The Morgan fingerprint density at radius 2 is 1.29 bits per heavy atom. The number of hydrogen-bond acceptors (Lipinski definition) is 1. The van der Waals surface area contributed by atoms with E-state index in [1.165, 1.54) is 54.9 Å². The molecule has 0 bridgehead atoms. The molecule has 0 atom stereocenters. The molecule has 0 saturated heterocycles. The number of benzene rings is 1. The summed E-state index contributed by atoms with van der Waals surface area (Å²) in [5.74, 6) is 0.365. The molecule has 0 spiro atoms. The van der Waals surface area contributed by atoms with Gasteiger partial charge in [-0.3, -0.25) is 0 Å². The van der Waals surface area contributed by atoms with Gasteiger partial charge in [0.1, 0.15) is 5.75 Å². The van der Waals surface area contributed by atoms with Gasteiger partial charge in [-0.2, -0.15) is 0 Å². The lowest BCUT2D eigenvalue weighted by Crippen LogP contribution is -1.86. The van der Waals surface area contributed by atoms with Gasteiger partial charge in [-0.15, -0.1) is 0 Å². The van der Waals surface area contributed by atoms with Gasteiger partial charge in [0.05, 0.1) is 0 Å². The molecule has 2 heteroatoms. The third kappa shape index (κ3) is 7.63. The van der Waals surface area contributed by atoms with Crippen molar-refractivity contribution < 1.29 is 5.11 Å². The summed E-state index contributed by atoms with van der Waals surface area (Å²) in [6.45, 7) is 0. The quantitative estimate of drug-likeness (QED) is 0.375. The van der Waals surface area contributed by atoms with E-state index in [-0.39, 0.29) is 0 Å². The zero-order valence-electron chi connectivity index (χ0n) is 10.5. The molecule has 0 unspecified atom stereocenters. The van der Waals surface area contributed by atoms with Crippen molar-refractivity contribution in [2.24, 2.45) is 0 Å². The molecule has 1 aromatic rings. The second kappa shape index (κ2) is 9.75. The molecule has 1 aromatic carbocycles. The third-order valence-corrected chi connectivity index (χ3v) is 3.80. The van der Waals surface area contributed by atoms with Crippen LogP contribution in [0.4, 0.5) is 0 Å². The Labute approximate surface area is 119 Å². The number of phenolic OH excluding ortho intramolecular Hbond substituents is 1. The van der Waals surface area contributed by atoms with Crippen molar-refractivity contribution in [3.05, 3.63) is 29.8 Å². The van der Waals surface area contributed by atoms with Crippen molar-refractivity contribution in [3.63, 3.8) is 0 Å². The van der Waals surface area contributed by atoms with E-state index in [0.29, 0.717) is 5.75 Å². The number of hydrogen-bond donors (Lipinski definition) is 1. The minimum atomic E-state index is 0.365. The first-order valence-electron chi connectivity index (χ1n) is 6.67. The first-order valence-corrected chi connectivity index (χ1v) is 8.19. The van der Waals surface area contributed by atoms with Gasteiger partial charge in [-0.05, 0) is 41.4 Å². The van der Waals surface area contributed by atoms with Gasteiger partial charge in [0.15, 0.2) is 0 Å². The van der Waals surface area contributed by atoms with Crippen LogP contribution in [0, 0.1) is 0 Å². The van der Waals surface area contributed by atoms with E-state index in [1.54, 1.807) is 12.1 Å². The molecule has 96 valence electrons. The molecular weight excluding hydrogens is 323 g/mol. The van der Waals surface area contributed by atoms with Crippen LogP contribution in [0.1, 0.15) is 50.5 Å². The van der Waals surface area contributed by atoms with Gasteiger partial charge >= 0.3 is 0 Å². The van der Waals surface area contributed by atoms with E-state index < -0.39 is 0 Å². The predicted octanol–water partition coefficient (Wildman–Crippen LogP) is 5.10. The van der Waals surface area contributed by atoms with Gasteiger partial charge < -0.3 is 5.11 Å². The smallest absolute Gasteiger partial charge is 0.115 e. The average Bonchev–Trinajstić information content (AvgIpc) is 2.35. The summed E-state index contributed by atoms with van der Waals surface area (Å²) in [4.78, 5) is 0. The summed E-state index contributed by atoms with van der Waals surface area (Å²) >= 11 is 2.45. The van der Waals surface area contributed by atoms with Gasteiger partial charge in [-0.1, -0.05) is 66.8 Å². The molecule has 1 rings (SSSR count). The predicted molar refractivity (Wildman–Crippen MR) is 83.0 cm³/mol. The largest absolute Gasteiger partial charge is 0.508 e. The van der Waals surface area contributed by atoms with E-state index in [0.717, 1.165) is 6.42 Å². The van der Waals surface area contributed by atoms with Crippen LogP contribution >= 0.6 is 22.6 Å². The highest BCUT2D eigenvalue weighted by Crippen LogP contribution is 2.13. The Balaban J connectivity index is 1.95. The molecule has 0 amide bonds. The SMILES string of the molecule is Oc1ccc(CCCCCCCCCI)cc1. The fraction of sp³-hybridized carbons (Fsp3) is 0.600. The van der Waals surface area contributed by atoms with Crippen molar-refractivity contribution in [1.82, 2.24) is 0 Å². The second-order valence-electron chi connectivity index (χ2n) is 4.58. The number of alkyl halides is 1. The zero-order valence-corrected chi connectivity index (χ0v) is 12.7. The number of unbranched alkanes of at least 4 members (excludes halogenated alkanes) is 6. The van der Waals surface area contributed by atoms with Crippen molar-refractivity contribution in [2.45, 2.75) is 51.4 Å². The molecule has 0 aromatic heterocycles. The molecule has 0 saturated carbocycles. The van der Waals surface area contributed by atoms with Crippen LogP contribution in [0.15, 0.2) is 24.3 Å². The van der Waals surface area contributed by atoms with Crippen LogP contribution in [0.5, 0.6) is 5.75 Å². The van der Waals surface area contributed by atoms with Gasteiger partial charge in [0, 0.05) is 0 Å². The Kier molecular flexibility index (Phi) is 8.49. The summed E-state index contributed by atoms with van der Waals surface area (Å²) < 4.78 is 1.30. The topological polar surface area (TPSA) is 20.2 Å². The average molecular weight is 346 g/mol. The second-order valence-corrected chi connectivity index (χ2v) is 5.66. The summed E-state index contributed by atoms with van der Waals surface area (Å²) in [5, 5.41) is 9.17. The van der Waals surface area contributed by atoms with Crippen LogP contribution in [0.3, 0.4) is 0 Å². The number of aryl methyl sites for hydroxylation is 1. The molecule has 0 aliphatic rings. The van der Waals surface area contributed by atoms with E-state index in [4.69, 9.17) is 5.11 Å². The van der Waals surface area contributed by atoms with Crippen LogP contribution in [-0.2, 0) is 6.42 Å². The lowest BCUT2D eigenvalue weighted by molar-refractivity contribution is 0.475. The Hall–Kier alpha value is -0.250. The highest BCUT2D eigenvalue weighted by atomic mass is 127. The first kappa shape index (κ1) is 14.8. The van der Waals surface area contributed by atoms with Crippen molar-refractivity contribution in [2.75, 3.05) is 4.43 Å². The summed E-state index contributed by atoms with van der Waals surface area (Å²) in [6, 6.07) is 7.60. The summed E-state index contributed by atoms with van der Waals surface area (Å²) in [5.41, 5.74) is 1.34. The fourth-order valence-corrected chi connectivity index (χ4v) is 2.51. The van der Waals surface area contributed by atoms with E-state index in [2.05, 4.69) is 22.6 Å². The Bertz CT molecular complexity index is 281. The molecule has 0 aliphatic heterocycles. The minimum absolute atomic E-state index is 0.365. The Morgan fingerprint density at radius 1 is 0.765 bits per heavy atom. The molecular formula is C15H23IO. The zero-order chi connectivity index (χ0) is 12.3. The van der Waals surface area contributed by atoms with Crippen molar-refractivity contribution in [3.8, 4) is 5.75 Å². The van der Waals surface area contributed by atoms with Crippen molar-refractivity contribution >= 4 is 22.6 Å². The molecule has 0 aliphatic carbocycles. The number of rotatable bonds is 9. The van der Waals surface area contributed by atoms with E-state index in [1.807, 2.05) is 12.1 Å². The molecule has 0 fully saturated rings. The summed E-state index contributed by atoms with van der Waals surface area (Å²) in [6.07, 6.45) is 10.7. The number of halogens is 1. The number of phenols is 1. The maximum absolute atomic E-state index is 9.17. The van der Waals surface area contributed by atoms with Crippen LogP contribution in [-0.4, -0.2) is 9.53 Å². The lowest BCUT2D eigenvalue weighted by Gasteiger charge is -2.02. The lowest BCUT2D eigenvalue weighted by atomic mass is 10.0. The molecule has 1 nitrogen and oxygen atoms in total. The molecule has 17 heavy (non-hydrogen) atoms. The monoisotopic (exact) mass is 346 g/mol. The van der Waals surface area contributed by atoms with Gasteiger partial charge in [-0.25, -0.2) is 0 Å². The number of aromatic hydroxyl groups is 1. The Morgan fingerprint density at radius 3 is 1.88 bits per heavy atom. The third-order valence-electron chi connectivity index (χ3n) is 3.04. The fourth-order valence-electron chi connectivity index (χ4n) is 1.97. The molecule has 1 N–H and O–H groups in total. The maximum atomic E-state index is 9.17. The highest BCUT2D eigenvalue weighted by molar-refractivity contribution is 14.1. The van der Waals surface area contributed by atoms with E-state index in [9.17, 15) is 0 Å². The van der Waals surface area contributed by atoms with Gasteiger partial charge in [0.25, 0.3) is 0 Å². The molecule has 0 radical (unpaired) electrons.